The number of halogens is 4. The van der Waals surface area contributed by atoms with Gasteiger partial charge in [0.15, 0.2) is 0 Å². The lowest BCUT2D eigenvalue weighted by Gasteiger charge is -2.12. The Labute approximate surface area is 141 Å². The maximum atomic E-state index is 13.0. The van der Waals surface area contributed by atoms with Crippen molar-refractivity contribution >= 4 is 12.4 Å². The standard InChI is InChI=1S/C18H20F3N.ClH/c1-12(2)7-13-3-5-15(6-4-13)16-8-14(11-22)9-17(10-16)18(19,20)21;/h3-6,8-10,12H,7,11,22H2,1-2H3;1H. The van der Waals surface area contributed by atoms with E-state index in [-0.39, 0.29) is 19.0 Å². The summed E-state index contributed by atoms with van der Waals surface area (Å²) in [7, 11) is 0. The van der Waals surface area contributed by atoms with Crippen molar-refractivity contribution in [3.8, 4) is 11.1 Å². The van der Waals surface area contributed by atoms with Crippen LogP contribution >= 0.6 is 12.4 Å². The predicted octanol–water partition coefficient (Wildman–Crippen LogP) is 5.45. The fraction of sp³-hybridized carbons (Fsp3) is 0.333. The molecule has 0 bridgehead atoms. The highest BCUT2D eigenvalue weighted by atomic mass is 35.5. The van der Waals surface area contributed by atoms with Crippen molar-refractivity contribution in [3.63, 3.8) is 0 Å². The van der Waals surface area contributed by atoms with Crippen LogP contribution in [0.3, 0.4) is 0 Å². The van der Waals surface area contributed by atoms with Gasteiger partial charge in [-0.05, 0) is 52.8 Å². The van der Waals surface area contributed by atoms with Crippen LogP contribution in [0.5, 0.6) is 0 Å². The molecule has 2 rings (SSSR count). The summed E-state index contributed by atoms with van der Waals surface area (Å²) in [6, 6.07) is 11.7. The highest BCUT2D eigenvalue weighted by molar-refractivity contribution is 5.85. The molecule has 0 aromatic heterocycles. The molecule has 2 N–H and O–H groups in total. The van der Waals surface area contributed by atoms with Crippen LogP contribution in [0.4, 0.5) is 13.2 Å². The molecule has 126 valence electrons. The van der Waals surface area contributed by atoms with Gasteiger partial charge >= 0.3 is 6.18 Å². The molecule has 2 aromatic carbocycles. The van der Waals surface area contributed by atoms with Crippen molar-refractivity contribution in [2.75, 3.05) is 0 Å². The van der Waals surface area contributed by atoms with Gasteiger partial charge in [-0.25, -0.2) is 0 Å². The zero-order valence-corrected chi connectivity index (χ0v) is 14.0. The summed E-state index contributed by atoms with van der Waals surface area (Å²) < 4.78 is 38.9. The van der Waals surface area contributed by atoms with Crippen molar-refractivity contribution < 1.29 is 13.2 Å². The average Bonchev–Trinajstić information content (AvgIpc) is 2.46. The summed E-state index contributed by atoms with van der Waals surface area (Å²) in [6.07, 6.45) is -3.41. The summed E-state index contributed by atoms with van der Waals surface area (Å²) in [5.74, 6) is 0.545. The normalized spacial score (nSPS) is 11.4. The molecule has 5 heteroatoms. The van der Waals surface area contributed by atoms with Gasteiger partial charge in [-0.2, -0.15) is 13.2 Å². The van der Waals surface area contributed by atoms with Gasteiger partial charge in [-0.1, -0.05) is 38.1 Å². The van der Waals surface area contributed by atoms with Gasteiger partial charge in [0.2, 0.25) is 0 Å². The number of hydrogen-bond acceptors (Lipinski definition) is 1. The molecular formula is C18H21ClF3N. The highest BCUT2D eigenvalue weighted by Crippen LogP contribution is 2.33. The van der Waals surface area contributed by atoms with E-state index >= 15 is 0 Å². The molecule has 0 spiro atoms. The molecule has 0 radical (unpaired) electrons. The first kappa shape index (κ1) is 19.5. The van der Waals surface area contributed by atoms with Crippen LogP contribution in [0.1, 0.15) is 30.5 Å². The molecule has 0 amide bonds. The molecule has 0 fully saturated rings. The first-order valence-electron chi connectivity index (χ1n) is 7.30. The second-order valence-corrected chi connectivity index (χ2v) is 5.92. The minimum atomic E-state index is -4.36. The van der Waals surface area contributed by atoms with Gasteiger partial charge in [0, 0.05) is 6.54 Å². The molecule has 2 aromatic rings. The first-order valence-corrected chi connectivity index (χ1v) is 7.30. The number of rotatable bonds is 4. The van der Waals surface area contributed by atoms with Gasteiger partial charge in [0.1, 0.15) is 0 Å². The molecular weight excluding hydrogens is 323 g/mol. The predicted molar refractivity (Wildman–Crippen MR) is 90.6 cm³/mol. The molecule has 0 aliphatic rings. The zero-order chi connectivity index (χ0) is 16.3. The van der Waals surface area contributed by atoms with Crippen LogP contribution in [0.2, 0.25) is 0 Å². The number of hydrogen-bond donors (Lipinski definition) is 1. The van der Waals surface area contributed by atoms with Gasteiger partial charge in [0.25, 0.3) is 0 Å². The van der Waals surface area contributed by atoms with Crippen molar-refractivity contribution in [2.24, 2.45) is 11.7 Å². The summed E-state index contributed by atoms with van der Waals surface area (Å²) in [4.78, 5) is 0. The Morgan fingerprint density at radius 3 is 2.00 bits per heavy atom. The Kier molecular flexibility index (Phi) is 6.66. The Morgan fingerprint density at radius 1 is 0.913 bits per heavy atom. The lowest BCUT2D eigenvalue weighted by atomic mass is 9.96. The molecule has 0 aliphatic carbocycles. The summed E-state index contributed by atoms with van der Waals surface area (Å²) in [5, 5.41) is 0. The molecule has 0 unspecified atom stereocenters. The van der Waals surface area contributed by atoms with E-state index in [1.165, 1.54) is 11.6 Å². The van der Waals surface area contributed by atoms with Gasteiger partial charge in [-0.3, -0.25) is 0 Å². The molecule has 1 nitrogen and oxygen atoms in total. The fourth-order valence-corrected chi connectivity index (χ4v) is 2.44. The van der Waals surface area contributed by atoms with Gasteiger partial charge in [0.05, 0.1) is 5.56 Å². The van der Waals surface area contributed by atoms with E-state index in [9.17, 15) is 13.2 Å². The Hall–Kier alpha value is -1.52. The van der Waals surface area contributed by atoms with Crippen molar-refractivity contribution in [1.29, 1.82) is 0 Å². The quantitative estimate of drug-likeness (QED) is 0.784. The van der Waals surface area contributed by atoms with Gasteiger partial charge in [-0.15, -0.1) is 12.4 Å². The largest absolute Gasteiger partial charge is 0.416 e. The summed E-state index contributed by atoms with van der Waals surface area (Å²) in [5.41, 5.74) is 7.85. The third kappa shape index (κ3) is 5.26. The van der Waals surface area contributed by atoms with E-state index in [0.29, 0.717) is 17.0 Å². The zero-order valence-electron chi connectivity index (χ0n) is 13.2. The number of alkyl halides is 3. The van der Waals surface area contributed by atoms with Crippen LogP contribution in [0.25, 0.3) is 11.1 Å². The Balaban J connectivity index is 0.00000264. The lowest BCUT2D eigenvalue weighted by molar-refractivity contribution is -0.137. The number of benzene rings is 2. The van der Waals surface area contributed by atoms with Crippen molar-refractivity contribution in [3.05, 3.63) is 59.2 Å². The third-order valence-corrected chi connectivity index (χ3v) is 3.49. The van der Waals surface area contributed by atoms with E-state index in [0.717, 1.165) is 18.1 Å². The Morgan fingerprint density at radius 2 is 1.52 bits per heavy atom. The van der Waals surface area contributed by atoms with Crippen LogP contribution < -0.4 is 5.73 Å². The maximum absolute atomic E-state index is 13.0. The van der Waals surface area contributed by atoms with Gasteiger partial charge < -0.3 is 5.73 Å². The summed E-state index contributed by atoms with van der Waals surface area (Å²) in [6.45, 7) is 4.35. The number of nitrogens with two attached hydrogens (primary N) is 1. The van der Waals surface area contributed by atoms with Crippen LogP contribution in [-0.4, -0.2) is 0 Å². The SMILES string of the molecule is CC(C)Cc1ccc(-c2cc(CN)cc(C(F)(F)F)c2)cc1.Cl. The molecule has 0 atom stereocenters. The molecule has 0 aliphatic heterocycles. The monoisotopic (exact) mass is 343 g/mol. The molecule has 23 heavy (non-hydrogen) atoms. The van der Waals surface area contributed by atoms with E-state index in [1.54, 1.807) is 6.07 Å². The lowest BCUT2D eigenvalue weighted by Crippen LogP contribution is -2.07. The smallest absolute Gasteiger partial charge is 0.326 e. The first-order chi connectivity index (χ1) is 10.3. The van der Waals surface area contributed by atoms with E-state index in [2.05, 4.69) is 13.8 Å². The van der Waals surface area contributed by atoms with E-state index in [1.807, 2.05) is 24.3 Å². The minimum Gasteiger partial charge on any atom is -0.326 e. The average molecular weight is 344 g/mol. The van der Waals surface area contributed by atoms with Crippen LogP contribution in [-0.2, 0) is 19.1 Å². The maximum Gasteiger partial charge on any atom is 0.416 e. The third-order valence-electron chi connectivity index (χ3n) is 3.49. The minimum absolute atomic E-state index is 0. The molecule has 0 saturated heterocycles. The molecule has 0 saturated carbocycles. The van der Waals surface area contributed by atoms with Crippen LogP contribution in [0.15, 0.2) is 42.5 Å². The highest BCUT2D eigenvalue weighted by Gasteiger charge is 2.31. The van der Waals surface area contributed by atoms with E-state index in [4.69, 9.17) is 5.73 Å². The molecule has 0 heterocycles. The summed E-state index contributed by atoms with van der Waals surface area (Å²) >= 11 is 0. The van der Waals surface area contributed by atoms with Crippen molar-refractivity contribution in [1.82, 2.24) is 0 Å². The second kappa shape index (κ2) is 7.84. The fourth-order valence-electron chi connectivity index (χ4n) is 2.44. The Bertz CT molecular complexity index is 634. The van der Waals surface area contributed by atoms with E-state index < -0.39 is 11.7 Å². The second-order valence-electron chi connectivity index (χ2n) is 5.92. The van der Waals surface area contributed by atoms with Crippen molar-refractivity contribution in [2.45, 2.75) is 33.0 Å². The topological polar surface area (TPSA) is 26.0 Å². The van der Waals surface area contributed by atoms with Crippen LogP contribution in [0, 0.1) is 5.92 Å².